The van der Waals surface area contributed by atoms with E-state index in [4.69, 9.17) is 0 Å². The lowest BCUT2D eigenvalue weighted by Crippen LogP contribution is -2.35. The summed E-state index contributed by atoms with van der Waals surface area (Å²) in [5.74, 6) is 0.321. The molecule has 0 spiro atoms. The Kier molecular flexibility index (Phi) is 3.64. The molecular formula is C17H20N2O2. The van der Waals surface area contributed by atoms with Crippen LogP contribution in [-0.2, 0) is 0 Å². The fourth-order valence-electron chi connectivity index (χ4n) is 2.57. The quantitative estimate of drug-likeness (QED) is 0.938. The van der Waals surface area contributed by atoms with E-state index >= 15 is 0 Å². The van der Waals surface area contributed by atoms with Gasteiger partial charge in [-0.3, -0.25) is 9.78 Å². The lowest BCUT2D eigenvalue weighted by molar-refractivity contribution is 0.0645. The summed E-state index contributed by atoms with van der Waals surface area (Å²) < 4.78 is 0. The Morgan fingerprint density at radius 2 is 2.14 bits per heavy atom. The molecule has 4 heteroatoms. The molecule has 21 heavy (non-hydrogen) atoms. The van der Waals surface area contributed by atoms with Gasteiger partial charge in [0.25, 0.3) is 5.91 Å². The van der Waals surface area contributed by atoms with Gasteiger partial charge in [0.15, 0.2) is 0 Å². The molecule has 3 rings (SSSR count). The molecule has 1 amide bonds. The van der Waals surface area contributed by atoms with Crippen LogP contribution >= 0.6 is 0 Å². The van der Waals surface area contributed by atoms with Gasteiger partial charge in [-0.1, -0.05) is 6.07 Å². The first kappa shape index (κ1) is 14.0. The second-order valence-corrected chi connectivity index (χ2v) is 5.95. The van der Waals surface area contributed by atoms with Crippen molar-refractivity contribution >= 4 is 16.8 Å². The van der Waals surface area contributed by atoms with Crippen molar-refractivity contribution in [3.8, 4) is 0 Å². The van der Waals surface area contributed by atoms with Crippen molar-refractivity contribution in [1.29, 1.82) is 0 Å². The SMILES string of the molecule is Cc1ccc2cc(C(=O)N(C)CC(O)C3CC3)ccc2n1. The van der Waals surface area contributed by atoms with E-state index in [9.17, 15) is 9.90 Å². The van der Waals surface area contributed by atoms with E-state index in [0.29, 0.717) is 18.0 Å². The van der Waals surface area contributed by atoms with Gasteiger partial charge in [-0.05, 0) is 49.9 Å². The minimum atomic E-state index is -0.399. The normalized spacial score (nSPS) is 16.0. The average molecular weight is 284 g/mol. The van der Waals surface area contributed by atoms with E-state index in [1.54, 1.807) is 18.0 Å². The second-order valence-electron chi connectivity index (χ2n) is 5.95. The number of pyridine rings is 1. The molecule has 0 radical (unpaired) electrons. The molecular weight excluding hydrogens is 264 g/mol. The maximum absolute atomic E-state index is 12.4. The van der Waals surface area contributed by atoms with Gasteiger partial charge < -0.3 is 10.0 Å². The molecule has 1 aromatic heterocycles. The monoisotopic (exact) mass is 284 g/mol. The molecule has 0 aliphatic heterocycles. The zero-order chi connectivity index (χ0) is 15.0. The summed E-state index contributed by atoms with van der Waals surface area (Å²) >= 11 is 0. The first-order chi connectivity index (χ1) is 10.0. The number of rotatable bonds is 4. The third-order valence-corrected chi connectivity index (χ3v) is 4.05. The molecule has 0 saturated heterocycles. The van der Waals surface area contributed by atoms with E-state index in [1.165, 1.54) is 0 Å². The summed E-state index contributed by atoms with van der Waals surface area (Å²) in [7, 11) is 1.74. The summed E-state index contributed by atoms with van der Waals surface area (Å²) in [6.07, 6.45) is 1.75. The number of benzene rings is 1. The Morgan fingerprint density at radius 3 is 2.86 bits per heavy atom. The number of nitrogens with zero attached hydrogens (tertiary/aromatic N) is 2. The number of hydrogen-bond donors (Lipinski definition) is 1. The average Bonchev–Trinajstić information content (AvgIpc) is 3.30. The number of hydrogen-bond acceptors (Lipinski definition) is 3. The molecule has 4 nitrogen and oxygen atoms in total. The van der Waals surface area contributed by atoms with E-state index in [-0.39, 0.29) is 5.91 Å². The summed E-state index contributed by atoms with van der Waals surface area (Å²) in [6.45, 7) is 2.35. The van der Waals surface area contributed by atoms with Gasteiger partial charge in [-0.2, -0.15) is 0 Å². The molecule has 1 aliphatic carbocycles. The van der Waals surface area contributed by atoms with Gasteiger partial charge in [0.2, 0.25) is 0 Å². The number of likely N-dealkylation sites (N-methyl/N-ethyl adjacent to an activating group) is 1. The van der Waals surface area contributed by atoms with E-state index in [0.717, 1.165) is 29.4 Å². The largest absolute Gasteiger partial charge is 0.391 e. The number of aryl methyl sites for hydroxylation is 1. The minimum absolute atomic E-state index is 0.0582. The Bertz CT molecular complexity index is 680. The molecule has 0 bridgehead atoms. The number of carbonyl (C=O) groups excluding carboxylic acids is 1. The van der Waals surface area contributed by atoms with Crippen LogP contribution < -0.4 is 0 Å². The summed E-state index contributed by atoms with van der Waals surface area (Å²) in [5.41, 5.74) is 2.50. The standard InChI is InChI=1S/C17H20N2O2/c1-11-3-4-13-9-14(7-8-15(13)18-11)17(21)19(2)10-16(20)12-5-6-12/h3-4,7-9,12,16,20H,5-6,10H2,1-2H3. The van der Waals surface area contributed by atoms with Crippen molar-refractivity contribution in [3.05, 3.63) is 41.6 Å². The molecule has 1 aliphatic rings. The Hall–Kier alpha value is -1.94. The van der Waals surface area contributed by atoms with Crippen molar-refractivity contribution in [2.45, 2.75) is 25.9 Å². The zero-order valence-corrected chi connectivity index (χ0v) is 12.4. The fourth-order valence-corrected chi connectivity index (χ4v) is 2.57. The van der Waals surface area contributed by atoms with Crippen molar-refractivity contribution in [2.24, 2.45) is 5.92 Å². The number of carbonyl (C=O) groups is 1. The lowest BCUT2D eigenvalue weighted by atomic mass is 10.1. The summed E-state index contributed by atoms with van der Waals surface area (Å²) in [4.78, 5) is 18.5. The van der Waals surface area contributed by atoms with Crippen LogP contribution in [-0.4, -0.2) is 40.6 Å². The smallest absolute Gasteiger partial charge is 0.253 e. The highest BCUT2D eigenvalue weighted by atomic mass is 16.3. The summed E-state index contributed by atoms with van der Waals surface area (Å²) in [5, 5.41) is 10.9. The molecule has 1 N–H and O–H groups in total. The van der Waals surface area contributed by atoms with Crippen LogP contribution in [0.5, 0.6) is 0 Å². The maximum atomic E-state index is 12.4. The third-order valence-electron chi connectivity index (χ3n) is 4.05. The van der Waals surface area contributed by atoms with Crippen LogP contribution in [0.4, 0.5) is 0 Å². The van der Waals surface area contributed by atoms with Gasteiger partial charge in [0.05, 0.1) is 11.6 Å². The number of fused-ring (bicyclic) bond motifs is 1. The van der Waals surface area contributed by atoms with Gasteiger partial charge >= 0.3 is 0 Å². The summed E-state index contributed by atoms with van der Waals surface area (Å²) in [6, 6.07) is 9.46. The van der Waals surface area contributed by atoms with Crippen LogP contribution in [0.3, 0.4) is 0 Å². The number of aliphatic hydroxyl groups is 1. The molecule has 1 unspecified atom stereocenters. The number of aromatic nitrogens is 1. The van der Waals surface area contributed by atoms with Crippen LogP contribution in [0.2, 0.25) is 0 Å². The van der Waals surface area contributed by atoms with Gasteiger partial charge in [-0.15, -0.1) is 0 Å². The number of amides is 1. The van der Waals surface area contributed by atoms with Crippen molar-refractivity contribution in [2.75, 3.05) is 13.6 Å². The molecule has 1 aromatic carbocycles. The Labute approximate surface area is 124 Å². The maximum Gasteiger partial charge on any atom is 0.253 e. The van der Waals surface area contributed by atoms with Crippen LogP contribution in [0.1, 0.15) is 28.9 Å². The van der Waals surface area contributed by atoms with Crippen molar-refractivity contribution < 1.29 is 9.90 Å². The van der Waals surface area contributed by atoms with Crippen LogP contribution in [0, 0.1) is 12.8 Å². The number of aliphatic hydroxyl groups excluding tert-OH is 1. The predicted molar refractivity (Wildman–Crippen MR) is 82.2 cm³/mol. The molecule has 2 aromatic rings. The molecule has 1 atom stereocenters. The highest BCUT2D eigenvalue weighted by Crippen LogP contribution is 2.32. The van der Waals surface area contributed by atoms with Crippen LogP contribution in [0.15, 0.2) is 30.3 Å². The Morgan fingerprint density at radius 1 is 1.38 bits per heavy atom. The molecule has 110 valence electrons. The first-order valence-electron chi connectivity index (χ1n) is 7.35. The first-order valence-corrected chi connectivity index (χ1v) is 7.35. The van der Waals surface area contributed by atoms with Gasteiger partial charge in [0.1, 0.15) is 0 Å². The predicted octanol–water partition coefficient (Wildman–Crippen LogP) is 2.39. The lowest BCUT2D eigenvalue weighted by Gasteiger charge is -2.21. The van der Waals surface area contributed by atoms with Crippen LogP contribution in [0.25, 0.3) is 10.9 Å². The molecule has 1 fully saturated rings. The van der Waals surface area contributed by atoms with Gasteiger partial charge in [-0.25, -0.2) is 0 Å². The highest BCUT2D eigenvalue weighted by molar-refractivity contribution is 5.97. The van der Waals surface area contributed by atoms with Crippen molar-refractivity contribution in [1.82, 2.24) is 9.88 Å². The van der Waals surface area contributed by atoms with E-state index < -0.39 is 6.10 Å². The Balaban J connectivity index is 1.78. The topological polar surface area (TPSA) is 53.4 Å². The molecule has 1 saturated carbocycles. The van der Waals surface area contributed by atoms with E-state index in [1.807, 2.05) is 31.2 Å². The third kappa shape index (κ3) is 3.05. The zero-order valence-electron chi connectivity index (χ0n) is 12.4. The molecule has 1 heterocycles. The van der Waals surface area contributed by atoms with E-state index in [2.05, 4.69) is 4.98 Å². The minimum Gasteiger partial charge on any atom is -0.391 e. The highest BCUT2D eigenvalue weighted by Gasteiger charge is 2.31. The second kappa shape index (κ2) is 5.45. The van der Waals surface area contributed by atoms with Gasteiger partial charge in [0, 0.05) is 30.2 Å². The fraction of sp³-hybridized carbons (Fsp3) is 0.412. The van der Waals surface area contributed by atoms with Crippen molar-refractivity contribution in [3.63, 3.8) is 0 Å².